The van der Waals surface area contributed by atoms with Crippen LogP contribution in [0.4, 0.5) is 0 Å². The number of hydrogen-bond acceptors (Lipinski definition) is 6. The van der Waals surface area contributed by atoms with Crippen LogP contribution in [0.5, 0.6) is 0 Å². The van der Waals surface area contributed by atoms with Crippen LogP contribution in [-0.4, -0.2) is 48.8 Å². The number of aliphatic carboxylic acids is 1. The van der Waals surface area contributed by atoms with Crippen LogP contribution in [0, 0.1) is 0 Å². The minimum atomic E-state index is -4.26. The average molecular weight is 529 g/mol. The molecular weight excluding hydrogens is 508 g/mol. The number of carboxylic acid groups (broad SMARTS) is 1. The summed E-state index contributed by atoms with van der Waals surface area (Å²) in [5.74, 6) is -2.51. The number of carbonyl (C=O) groups is 3. The highest BCUT2D eigenvalue weighted by Gasteiger charge is 2.37. The number of rotatable bonds is 7. The lowest BCUT2D eigenvalue weighted by atomic mass is 10.0. The first-order valence-corrected chi connectivity index (χ1v) is 13.3. The van der Waals surface area contributed by atoms with Gasteiger partial charge in [-0.05, 0) is 53.6 Å². The second-order valence-electron chi connectivity index (χ2n) is 9.06. The van der Waals surface area contributed by atoms with E-state index in [0.717, 1.165) is 21.1 Å². The van der Waals surface area contributed by atoms with Crippen LogP contribution in [0.25, 0.3) is 32.7 Å². The zero-order valence-corrected chi connectivity index (χ0v) is 20.6. The Hall–Kier alpha value is -4.54. The Morgan fingerprint density at radius 2 is 1.45 bits per heavy atom. The summed E-state index contributed by atoms with van der Waals surface area (Å²) in [4.78, 5) is 38.7. The van der Waals surface area contributed by atoms with Crippen molar-refractivity contribution in [2.45, 2.75) is 17.4 Å². The molecule has 0 aliphatic carbocycles. The maximum atomic E-state index is 13.1. The van der Waals surface area contributed by atoms with Crippen LogP contribution < -0.4 is 4.72 Å². The number of amides is 2. The van der Waals surface area contributed by atoms with E-state index in [-0.39, 0.29) is 29.0 Å². The fourth-order valence-corrected chi connectivity index (χ4v) is 6.05. The Kier molecular flexibility index (Phi) is 5.51. The van der Waals surface area contributed by atoms with Crippen LogP contribution in [-0.2, 0) is 14.8 Å². The molecule has 1 aromatic heterocycles. The summed E-state index contributed by atoms with van der Waals surface area (Å²) in [6.07, 6.45) is -0.309. The fourth-order valence-electron chi connectivity index (χ4n) is 4.80. The highest BCUT2D eigenvalue weighted by molar-refractivity contribution is 7.89. The van der Waals surface area contributed by atoms with Gasteiger partial charge >= 0.3 is 5.97 Å². The zero-order chi connectivity index (χ0) is 26.6. The van der Waals surface area contributed by atoms with E-state index in [1.54, 1.807) is 36.4 Å². The molecule has 5 aromatic rings. The van der Waals surface area contributed by atoms with Crippen molar-refractivity contribution < 1.29 is 32.3 Å². The Morgan fingerprint density at radius 1 is 0.842 bits per heavy atom. The number of hydrogen-bond donors (Lipinski definition) is 2. The quantitative estimate of drug-likeness (QED) is 0.303. The van der Waals surface area contributed by atoms with Gasteiger partial charge in [0.1, 0.15) is 17.2 Å². The van der Waals surface area contributed by atoms with E-state index in [2.05, 4.69) is 4.72 Å². The molecule has 0 saturated carbocycles. The van der Waals surface area contributed by atoms with E-state index in [0.29, 0.717) is 16.6 Å². The smallest absolute Gasteiger partial charge is 0.321 e. The number of furan rings is 1. The number of nitrogens with one attached hydrogen (secondary N) is 1. The molecule has 0 bridgehead atoms. The molecule has 0 fully saturated rings. The minimum Gasteiger partial charge on any atom is -0.480 e. The molecule has 38 heavy (non-hydrogen) atoms. The Morgan fingerprint density at radius 3 is 2.11 bits per heavy atom. The van der Waals surface area contributed by atoms with Crippen molar-refractivity contribution in [2.24, 2.45) is 0 Å². The van der Waals surface area contributed by atoms with Gasteiger partial charge in [0.25, 0.3) is 11.8 Å². The number of nitrogens with zero attached hydrogens (tertiary/aromatic N) is 1. The molecule has 0 spiro atoms. The lowest BCUT2D eigenvalue weighted by Gasteiger charge is -2.19. The lowest BCUT2D eigenvalue weighted by molar-refractivity contribution is -0.139. The van der Waals surface area contributed by atoms with Gasteiger partial charge in [0.05, 0.1) is 16.0 Å². The van der Waals surface area contributed by atoms with Crippen LogP contribution in [0.1, 0.15) is 27.1 Å². The number of imide groups is 1. The van der Waals surface area contributed by atoms with Crippen molar-refractivity contribution in [3.63, 3.8) is 0 Å². The van der Waals surface area contributed by atoms with Crippen LogP contribution >= 0.6 is 0 Å². The normalized spacial score (nSPS) is 14.5. The summed E-state index contributed by atoms with van der Waals surface area (Å²) in [7, 11) is -4.26. The van der Waals surface area contributed by atoms with Crippen molar-refractivity contribution in [3.05, 3.63) is 90.0 Å². The van der Waals surface area contributed by atoms with Gasteiger partial charge in [0.2, 0.25) is 10.0 Å². The number of para-hydroxylation sites is 1. The molecule has 2 amide bonds. The summed E-state index contributed by atoms with van der Waals surface area (Å²) in [5.41, 5.74) is 1.57. The molecule has 190 valence electrons. The summed E-state index contributed by atoms with van der Waals surface area (Å²) in [5, 5.41) is 12.6. The van der Waals surface area contributed by atoms with Crippen molar-refractivity contribution in [1.29, 1.82) is 0 Å². The van der Waals surface area contributed by atoms with Crippen LogP contribution in [0.2, 0.25) is 0 Å². The molecular formula is C28H20N2O7S. The Labute approximate surface area is 216 Å². The average Bonchev–Trinajstić information content (AvgIpc) is 3.39. The molecule has 1 unspecified atom stereocenters. The van der Waals surface area contributed by atoms with Gasteiger partial charge in [-0.25, -0.2) is 8.42 Å². The highest BCUT2D eigenvalue weighted by Crippen LogP contribution is 2.31. The largest absolute Gasteiger partial charge is 0.480 e. The molecule has 6 rings (SSSR count). The second-order valence-corrected chi connectivity index (χ2v) is 10.8. The topological polar surface area (TPSA) is 134 Å². The van der Waals surface area contributed by atoms with Gasteiger partial charge in [-0.3, -0.25) is 19.3 Å². The van der Waals surface area contributed by atoms with Crippen molar-refractivity contribution in [3.8, 4) is 0 Å². The molecule has 4 aromatic carbocycles. The van der Waals surface area contributed by atoms with Crippen molar-refractivity contribution in [2.75, 3.05) is 6.54 Å². The molecule has 0 saturated heterocycles. The first kappa shape index (κ1) is 23.8. The monoisotopic (exact) mass is 528 g/mol. The number of carboxylic acids is 1. The molecule has 2 N–H and O–H groups in total. The summed E-state index contributed by atoms with van der Waals surface area (Å²) in [6.45, 7) is -0.270. The van der Waals surface area contributed by atoms with Crippen molar-refractivity contribution >= 4 is 60.5 Å². The van der Waals surface area contributed by atoms with Gasteiger partial charge in [-0.2, -0.15) is 4.72 Å². The Balaban J connectivity index is 1.23. The van der Waals surface area contributed by atoms with E-state index in [4.69, 9.17) is 4.42 Å². The zero-order valence-electron chi connectivity index (χ0n) is 19.7. The van der Waals surface area contributed by atoms with Gasteiger partial charge in [0.15, 0.2) is 0 Å². The number of carbonyl (C=O) groups excluding carboxylic acids is 2. The molecule has 1 aliphatic heterocycles. The van der Waals surface area contributed by atoms with E-state index in [1.807, 2.05) is 24.3 Å². The van der Waals surface area contributed by atoms with Crippen molar-refractivity contribution in [1.82, 2.24) is 9.62 Å². The molecule has 2 heterocycles. The molecule has 9 nitrogen and oxygen atoms in total. The summed E-state index contributed by atoms with van der Waals surface area (Å²) >= 11 is 0. The second kappa shape index (κ2) is 8.79. The predicted molar refractivity (Wildman–Crippen MR) is 139 cm³/mol. The number of sulfonamides is 1. The fraction of sp³-hybridized carbons (Fsp3) is 0.107. The maximum Gasteiger partial charge on any atom is 0.321 e. The summed E-state index contributed by atoms with van der Waals surface area (Å²) in [6, 6.07) is 20.5. The third-order valence-electron chi connectivity index (χ3n) is 6.73. The van der Waals surface area contributed by atoms with E-state index >= 15 is 0 Å². The predicted octanol–water partition coefficient (Wildman–Crippen LogP) is 4.16. The van der Waals surface area contributed by atoms with Gasteiger partial charge in [-0.1, -0.05) is 42.5 Å². The third kappa shape index (κ3) is 3.90. The molecule has 1 atom stereocenters. The SMILES string of the molecule is O=C(O)C(CCN1C(=O)c2cc3ccccc3cc2C1=O)NS(=O)(=O)c1ccc2oc3ccccc3c2c1. The third-order valence-corrected chi connectivity index (χ3v) is 8.20. The highest BCUT2D eigenvalue weighted by atomic mass is 32.2. The number of fused-ring (bicyclic) bond motifs is 5. The van der Waals surface area contributed by atoms with Gasteiger partial charge in [0, 0.05) is 17.3 Å². The van der Waals surface area contributed by atoms with E-state index < -0.39 is 33.8 Å². The van der Waals surface area contributed by atoms with E-state index in [1.165, 1.54) is 18.2 Å². The standard InChI is InChI=1S/C28H20N2O7S/c31-26-21-13-16-5-1-2-6-17(16)14-22(21)27(32)30(26)12-11-23(28(33)34)29-38(35,36)18-9-10-25-20(15-18)19-7-3-4-8-24(19)37-25/h1-10,13-15,23,29H,11-12H2,(H,33,34). The minimum absolute atomic E-state index is 0.129. The number of benzene rings is 4. The van der Waals surface area contributed by atoms with Crippen LogP contribution in [0.15, 0.2) is 88.2 Å². The van der Waals surface area contributed by atoms with Gasteiger partial charge in [-0.15, -0.1) is 0 Å². The molecule has 1 aliphatic rings. The van der Waals surface area contributed by atoms with Crippen LogP contribution in [0.3, 0.4) is 0 Å². The Bertz CT molecular complexity index is 1850. The maximum absolute atomic E-state index is 13.1. The molecule has 10 heteroatoms. The first-order valence-electron chi connectivity index (χ1n) is 11.8. The van der Waals surface area contributed by atoms with Gasteiger partial charge < -0.3 is 9.52 Å². The molecule has 0 radical (unpaired) electrons. The first-order chi connectivity index (χ1) is 18.2. The summed E-state index contributed by atoms with van der Waals surface area (Å²) < 4.78 is 34.2. The van der Waals surface area contributed by atoms with E-state index in [9.17, 15) is 27.9 Å². The lowest BCUT2D eigenvalue weighted by Crippen LogP contribution is -2.43.